The Balaban J connectivity index is 1.74. The third-order valence-corrected chi connectivity index (χ3v) is 5.63. The van der Waals surface area contributed by atoms with Gasteiger partial charge in [0.05, 0.1) is 17.7 Å². The van der Waals surface area contributed by atoms with E-state index in [0.29, 0.717) is 28.7 Å². The molecule has 3 N–H and O–H groups in total. The first kappa shape index (κ1) is 24.1. The Morgan fingerprint density at radius 1 is 1.06 bits per heavy atom. The molecule has 0 spiro atoms. The van der Waals surface area contributed by atoms with Crippen LogP contribution in [0.2, 0.25) is 0 Å². The molecule has 1 atom stereocenters. The van der Waals surface area contributed by atoms with E-state index in [1.54, 1.807) is 53.5 Å². The molecule has 36 heavy (non-hydrogen) atoms. The molecule has 0 saturated heterocycles. The van der Waals surface area contributed by atoms with Gasteiger partial charge in [0.25, 0.3) is 0 Å². The average Bonchev–Trinajstić information content (AvgIpc) is 3.31. The predicted molar refractivity (Wildman–Crippen MR) is 138 cm³/mol. The molecule has 1 unspecified atom stereocenters. The highest BCUT2D eigenvalue weighted by molar-refractivity contribution is 5.71. The Bertz CT molecular complexity index is 1480. The van der Waals surface area contributed by atoms with Crippen LogP contribution in [0.1, 0.15) is 39.7 Å². The van der Waals surface area contributed by atoms with Crippen molar-refractivity contribution >= 4 is 29.2 Å². The van der Waals surface area contributed by atoms with Gasteiger partial charge in [0.15, 0.2) is 0 Å². The Morgan fingerprint density at radius 3 is 2.39 bits per heavy atom. The summed E-state index contributed by atoms with van der Waals surface area (Å²) in [6.45, 7) is 3.93. The van der Waals surface area contributed by atoms with E-state index in [1.165, 1.54) is 6.08 Å². The number of rotatable bonds is 7. The van der Waals surface area contributed by atoms with Gasteiger partial charge in [-0.3, -0.25) is 0 Å². The van der Waals surface area contributed by atoms with Crippen molar-refractivity contribution in [2.24, 2.45) is 7.05 Å². The van der Waals surface area contributed by atoms with E-state index >= 15 is 0 Å². The van der Waals surface area contributed by atoms with Crippen LogP contribution in [-0.4, -0.2) is 24.6 Å². The number of aromatic nitrogens is 4. The average molecular weight is 477 g/mol. The lowest BCUT2D eigenvalue weighted by Crippen LogP contribution is -2.12. The number of nitrogens with one attached hydrogen (secondary N) is 2. The Kier molecular flexibility index (Phi) is 7.05. The van der Waals surface area contributed by atoms with Crippen molar-refractivity contribution in [3.8, 4) is 12.1 Å². The van der Waals surface area contributed by atoms with Gasteiger partial charge in [-0.15, -0.1) is 0 Å². The summed E-state index contributed by atoms with van der Waals surface area (Å²) in [6, 6.07) is 15.0. The van der Waals surface area contributed by atoms with Crippen LogP contribution in [0.15, 0.2) is 61.1 Å². The summed E-state index contributed by atoms with van der Waals surface area (Å²) in [7, 11) is 1.81. The molecule has 2 aromatic carbocycles. The standard InChI is InChI=1S/C27H24N8O/c1-17-13-20(5-4-10-28)14-18(2)23(17)33-25-22(24(36)26-30-11-12-35(26)3)16-31-27(34-25)32-21-8-6-19(15-29)7-9-21/h4-9,11-14,16,24,36H,1-3H3,(H2,31,32,33,34)/b5-4+. The van der Waals surface area contributed by atoms with Crippen molar-refractivity contribution in [3.63, 3.8) is 0 Å². The second kappa shape index (κ2) is 10.5. The maximum Gasteiger partial charge on any atom is 0.229 e. The zero-order valence-electron chi connectivity index (χ0n) is 20.1. The monoisotopic (exact) mass is 476 g/mol. The van der Waals surface area contributed by atoms with E-state index in [1.807, 2.05) is 39.1 Å². The molecule has 4 aromatic rings. The molecule has 0 bridgehead atoms. The third-order valence-electron chi connectivity index (χ3n) is 5.63. The summed E-state index contributed by atoms with van der Waals surface area (Å²) < 4.78 is 1.74. The molecular formula is C27H24N8O. The number of benzene rings is 2. The van der Waals surface area contributed by atoms with Crippen LogP contribution in [0.4, 0.5) is 23.1 Å². The minimum atomic E-state index is -1.06. The minimum absolute atomic E-state index is 0.321. The first-order valence-corrected chi connectivity index (χ1v) is 11.1. The van der Waals surface area contributed by atoms with Crippen LogP contribution in [0.25, 0.3) is 6.08 Å². The molecule has 2 heterocycles. The Morgan fingerprint density at radius 2 is 1.78 bits per heavy atom. The molecule has 0 aliphatic rings. The molecule has 0 radical (unpaired) electrons. The fraction of sp³-hybridized carbons (Fsp3) is 0.148. The van der Waals surface area contributed by atoms with Crippen molar-refractivity contribution in [1.82, 2.24) is 19.5 Å². The van der Waals surface area contributed by atoms with Gasteiger partial charge in [-0.25, -0.2) is 9.97 Å². The van der Waals surface area contributed by atoms with Crippen LogP contribution in [0.5, 0.6) is 0 Å². The second-order valence-corrected chi connectivity index (χ2v) is 8.23. The van der Waals surface area contributed by atoms with Crippen LogP contribution in [0.3, 0.4) is 0 Å². The van der Waals surface area contributed by atoms with Gasteiger partial charge >= 0.3 is 0 Å². The number of aryl methyl sites for hydroxylation is 3. The van der Waals surface area contributed by atoms with E-state index in [0.717, 1.165) is 28.1 Å². The number of aliphatic hydroxyl groups excluding tert-OH is 1. The quantitative estimate of drug-likeness (QED) is 0.324. The zero-order chi connectivity index (χ0) is 25.7. The molecule has 0 aliphatic carbocycles. The third kappa shape index (κ3) is 5.22. The van der Waals surface area contributed by atoms with Crippen molar-refractivity contribution in [1.29, 1.82) is 10.5 Å². The summed E-state index contributed by atoms with van der Waals surface area (Å²) in [5.74, 6) is 1.20. The lowest BCUT2D eigenvalue weighted by Gasteiger charge is -2.19. The van der Waals surface area contributed by atoms with Gasteiger partial charge in [-0.05, 0) is 73.0 Å². The highest BCUT2D eigenvalue weighted by atomic mass is 16.3. The topological polar surface area (TPSA) is 135 Å². The number of hydrogen-bond acceptors (Lipinski definition) is 8. The highest BCUT2D eigenvalue weighted by Crippen LogP contribution is 2.32. The van der Waals surface area contributed by atoms with Crippen molar-refractivity contribution < 1.29 is 5.11 Å². The summed E-state index contributed by atoms with van der Waals surface area (Å²) in [4.78, 5) is 13.4. The van der Waals surface area contributed by atoms with Gasteiger partial charge < -0.3 is 20.3 Å². The van der Waals surface area contributed by atoms with Crippen LogP contribution in [0, 0.1) is 36.5 Å². The molecule has 9 nitrogen and oxygen atoms in total. The molecule has 4 rings (SSSR count). The van der Waals surface area contributed by atoms with Crippen molar-refractivity contribution in [3.05, 3.63) is 94.7 Å². The van der Waals surface area contributed by atoms with Gasteiger partial charge in [0.1, 0.15) is 17.7 Å². The summed E-state index contributed by atoms with van der Waals surface area (Å²) in [5, 5.41) is 35.5. The number of anilines is 4. The fourth-order valence-corrected chi connectivity index (χ4v) is 3.83. The molecule has 9 heteroatoms. The lowest BCUT2D eigenvalue weighted by molar-refractivity contribution is 0.206. The maximum absolute atomic E-state index is 11.1. The van der Waals surface area contributed by atoms with E-state index in [2.05, 4.69) is 31.7 Å². The summed E-state index contributed by atoms with van der Waals surface area (Å²) in [5.41, 5.74) is 5.38. The number of allylic oxidation sites excluding steroid dienone is 1. The molecule has 178 valence electrons. The smallest absolute Gasteiger partial charge is 0.229 e. The molecule has 0 aliphatic heterocycles. The maximum atomic E-state index is 11.1. The van der Waals surface area contributed by atoms with Gasteiger partial charge in [-0.2, -0.15) is 15.5 Å². The largest absolute Gasteiger partial charge is 0.380 e. The number of nitriles is 2. The van der Waals surface area contributed by atoms with Crippen molar-refractivity contribution in [2.75, 3.05) is 10.6 Å². The van der Waals surface area contributed by atoms with Crippen LogP contribution in [-0.2, 0) is 7.05 Å². The lowest BCUT2D eigenvalue weighted by atomic mass is 10.0. The van der Waals surface area contributed by atoms with Crippen LogP contribution >= 0.6 is 0 Å². The van der Waals surface area contributed by atoms with E-state index in [9.17, 15) is 5.11 Å². The molecule has 0 fully saturated rings. The SMILES string of the molecule is Cc1cc(/C=C/C#N)cc(C)c1Nc1nc(Nc2ccc(C#N)cc2)ncc1C(O)c1nccn1C. The van der Waals surface area contributed by atoms with E-state index < -0.39 is 6.10 Å². The van der Waals surface area contributed by atoms with E-state index in [-0.39, 0.29) is 0 Å². The number of nitrogens with zero attached hydrogens (tertiary/aromatic N) is 6. The normalized spacial score (nSPS) is 11.6. The minimum Gasteiger partial charge on any atom is -0.380 e. The van der Waals surface area contributed by atoms with Crippen molar-refractivity contribution in [2.45, 2.75) is 20.0 Å². The number of aliphatic hydroxyl groups is 1. The Labute approximate surface area is 209 Å². The molecule has 0 saturated carbocycles. The van der Waals surface area contributed by atoms with Crippen LogP contribution < -0.4 is 10.6 Å². The Hall–Kier alpha value is -4.99. The van der Waals surface area contributed by atoms with Gasteiger partial charge in [-0.1, -0.05) is 0 Å². The summed E-state index contributed by atoms with van der Waals surface area (Å²) >= 11 is 0. The molecular weight excluding hydrogens is 452 g/mol. The zero-order valence-corrected chi connectivity index (χ0v) is 20.1. The second-order valence-electron chi connectivity index (χ2n) is 8.23. The molecule has 2 aromatic heterocycles. The van der Waals surface area contributed by atoms with Gasteiger partial charge in [0.2, 0.25) is 5.95 Å². The van der Waals surface area contributed by atoms with E-state index in [4.69, 9.17) is 10.5 Å². The molecule has 0 amide bonds. The summed E-state index contributed by atoms with van der Waals surface area (Å²) in [6.07, 6.45) is 7.08. The predicted octanol–water partition coefficient (Wildman–Crippen LogP) is 4.80. The number of hydrogen-bond donors (Lipinski definition) is 3. The first-order valence-electron chi connectivity index (χ1n) is 11.1. The highest BCUT2D eigenvalue weighted by Gasteiger charge is 2.22. The van der Waals surface area contributed by atoms with Gasteiger partial charge in [0, 0.05) is 48.7 Å². The fourth-order valence-electron chi connectivity index (χ4n) is 3.83. The first-order chi connectivity index (χ1) is 17.4. The number of imidazole rings is 1.